The topological polar surface area (TPSA) is 127 Å². The summed E-state index contributed by atoms with van der Waals surface area (Å²) in [6.07, 6.45) is 0.817. The zero-order valence-corrected chi connectivity index (χ0v) is 9.39. The Kier molecular flexibility index (Phi) is 3.32. The van der Waals surface area contributed by atoms with Crippen molar-refractivity contribution >= 4 is 27.4 Å². The zero-order chi connectivity index (χ0) is 13.2. The third-order valence-electron chi connectivity index (χ3n) is 1.74. The molecule has 0 aliphatic rings. The fraction of sp³-hybridized carbons (Fsp3) is 0.125. The van der Waals surface area contributed by atoms with E-state index in [2.05, 4.69) is 0 Å². The number of nitrogens with one attached hydrogen (secondary N) is 1. The van der Waals surface area contributed by atoms with Gasteiger partial charge in [-0.05, 0) is 6.07 Å². The summed E-state index contributed by atoms with van der Waals surface area (Å²) in [5, 5.41) is 19.3. The molecular weight excluding hydrogens is 252 g/mol. The van der Waals surface area contributed by atoms with E-state index in [1.54, 1.807) is 0 Å². The fourth-order valence-corrected chi connectivity index (χ4v) is 1.68. The molecule has 0 heterocycles. The van der Waals surface area contributed by atoms with Crippen LogP contribution in [0.3, 0.4) is 0 Å². The Morgan fingerprint density at radius 2 is 2.06 bits per heavy atom. The van der Waals surface area contributed by atoms with E-state index in [0.29, 0.717) is 0 Å². The Balaban J connectivity index is 3.35. The summed E-state index contributed by atoms with van der Waals surface area (Å²) in [5.41, 5.74) is -1.10. The summed E-state index contributed by atoms with van der Waals surface area (Å²) in [6, 6.07) is 2.80. The molecule has 0 spiro atoms. The molecular formula is C8H8N2O6S. The van der Waals surface area contributed by atoms with Crippen molar-refractivity contribution in [2.75, 3.05) is 11.0 Å². The highest BCUT2D eigenvalue weighted by atomic mass is 32.2. The molecule has 1 aromatic rings. The number of carboxylic acids is 1. The fourth-order valence-electron chi connectivity index (χ4n) is 1.12. The van der Waals surface area contributed by atoms with E-state index in [1.807, 2.05) is 4.72 Å². The number of anilines is 1. The number of hydrogen-bond acceptors (Lipinski definition) is 5. The van der Waals surface area contributed by atoms with Crippen molar-refractivity contribution in [3.63, 3.8) is 0 Å². The molecule has 1 rings (SSSR count). The Bertz CT molecular complexity index is 580. The van der Waals surface area contributed by atoms with Crippen molar-refractivity contribution in [3.05, 3.63) is 33.9 Å². The Hall–Kier alpha value is -2.16. The van der Waals surface area contributed by atoms with Gasteiger partial charge in [-0.2, -0.15) is 0 Å². The second kappa shape index (κ2) is 4.37. The number of sulfonamides is 1. The standard InChI is InChI=1S/C8H8N2O6S/c1-17(15,16)9-7-4-5(10(13)14)2-3-6(7)8(11)12/h2-4,9H,1H3,(H,11,12). The Labute approximate surface area is 96.1 Å². The number of nitro benzene ring substituents is 1. The number of carbonyl (C=O) groups is 1. The Morgan fingerprint density at radius 3 is 2.47 bits per heavy atom. The van der Waals surface area contributed by atoms with Crippen molar-refractivity contribution < 1.29 is 23.2 Å². The minimum absolute atomic E-state index is 0.339. The molecule has 8 nitrogen and oxygen atoms in total. The van der Waals surface area contributed by atoms with Crippen LogP contribution >= 0.6 is 0 Å². The molecule has 0 aliphatic carbocycles. The average Bonchev–Trinajstić information content (AvgIpc) is 2.14. The summed E-state index contributed by atoms with van der Waals surface area (Å²) in [7, 11) is -3.71. The molecule has 0 atom stereocenters. The van der Waals surface area contributed by atoms with Crippen LogP contribution in [0.2, 0.25) is 0 Å². The van der Waals surface area contributed by atoms with E-state index in [4.69, 9.17) is 5.11 Å². The lowest BCUT2D eigenvalue weighted by Gasteiger charge is -2.07. The van der Waals surface area contributed by atoms with E-state index >= 15 is 0 Å². The summed E-state index contributed by atoms with van der Waals surface area (Å²) in [4.78, 5) is 20.5. The molecule has 2 N–H and O–H groups in total. The van der Waals surface area contributed by atoms with Gasteiger partial charge in [-0.25, -0.2) is 13.2 Å². The van der Waals surface area contributed by atoms with E-state index in [1.165, 1.54) is 0 Å². The van der Waals surface area contributed by atoms with Gasteiger partial charge < -0.3 is 5.11 Å². The minimum Gasteiger partial charge on any atom is -0.478 e. The van der Waals surface area contributed by atoms with Gasteiger partial charge in [0.15, 0.2) is 0 Å². The van der Waals surface area contributed by atoms with Gasteiger partial charge in [0.1, 0.15) is 0 Å². The van der Waals surface area contributed by atoms with Crippen LogP contribution in [-0.4, -0.2) is 30.7 Å². The average molecular weight is 260 g/mol. The second-order valence-corrected chi connectivity index (χ2v) is 4.91. The summed E-state index contributed by atoms with van der Waals surface area (Å²) in [5.74, 6) is -1.38. The number of nitrogens with zero attached hydrogens (tertiary/aromatic N) is 1. The summed E-state index contributed by atoms with van der Waals surface area (Å²) >= 11 is 0. The smallest absolute Gasteiger partial charge is 0.337 e. The molecule has 0 bridgehead atoms. The van der Waals surface area contributed by atoms with Crippen LogP contribution in [0.5, 0.6) is 0 Å². The van der Waals surface area contributed by atoms with Crippen LogP contribution in [0.4, 0.5) is 11.4 Å². The van der Waals surface area contributed by atoms with Crippen molar-refractivity contribution in [1.82, 2.24) is 0 Å². The van der Waals surface area contributed by atoms with Crippen LogP contribution in [0.15, 0.2) is 18.2 Å². The molecule has 0 fully saturated rings. The van der Waals surface area contributed by atoms with E-state index in [9.17, 15) is 23.3 Å². The number of nitro groups is 1. The molecule has 17 heavy (non-hydrogen) atoms. The maximum atomic E-state index is 11.0. The summed E-state index contributed by atoms with van der Waals surface area (Å²) in [6.45, 7) is 0. The van der Waals surface area contributed by atoms with Crippen LogP contribution in [0, 0.1) is 10.1 Å². The summed E-state index contributed by atoms with van der Waals surface area (Å²) < 4.78 is 23.9. The first-order chi connectivity index (χ1) is 7.70. The lowest BCUT2D eigenvalue weighted by molar-refractivity contribution is -0.384. The second-order valence-electron chi connectivity index (χ2n) is 3.17. The molecule has 0 radical (unpaired) electrons. The predicted octanol–water partition coefficient (Wildman–Crippen LogP) is 0.664. The number of rotatable bonds is 4. The quantitative estimate of drug-likeness (QED) is 0.604. The molecule has 92 valence electrons. The first kappa shape index (κ1) is 12.9. The molecule has 0 aliphatic heterocycles. The van der Waals surface area contributed by atoms with Crippen molar-refractivity contribution in [3.8, 4) is 0 Å². The lowest BCUT2D eigenvalue weighted by Crippen LogP contribution is -2.13. The largest absolute Gasteiger partial charge is 0.478 e. The number of carboxylic acid groups (broad SMARTS) is 1. The number of hydrogen-bond donors (Lipinski definition) is 2. The third-order valence-corrected chi connectivity index (χ3v) is 2.33. The van der Waals surface area contributed by atoms with E-state index in [-0.39, 0.29) is 11.3 Å². The monoisotopic (exact) mass is 260 g/mol. The molecule has 0 amide bonds. The molecule has 9 heteroatoms. The van der Waals surface area contributed by atoms with E-state index in [0.717, 1.165) is 24.5 Å². The van der Waals surface area contributed by atoms with Crippen molar-refractivity contribution in [1.29, 1.82) is 0 Å². The molecule has 0 saturated heterocycles. The van der Waals surface area contributed by atoms with Crippen LogP contribution < -0.4 is 4.72 Å². The predicted molar refractivity (Wildman–Crippen MR) is 58.5 cm³/mol. The van der Waals surface area contributed by atoms with Gasteiger partial charge in [-0.1, -0.05) is 0 Å². The number of non-ortho nitro benzene ring substituents is 1. The van der Waals surface area contributed by atoms with Crippen LogP contribution in [0.1, 0.15) is 10.4 Å². The highest BCUT2D eigenvalue weighted by Gasteiger charge is 2.17. The van der Waals surface area contributed by atoms with Crippen molar-refractivity contribution in [2.45, 2.75) is 0 Å². The van der Waals surface area contributed by atoms with Crippen LogP contribution in [0.25, 0.3) is 0 Å². The van der Waals surface area contributed by atoms with Gasteiger partial charge in [-0.3, -0.25) is 14.8 Å². The maximum absolute atomic E-state index is 11.0. The molecule has 0 saturated carbocycles. The van der Waals surface area contributed by atoms with Crippen molar-refractivity contribution in [2.24, 2.45) is 0 Å². The highest BCUT2D eigenvalue weighted by molar-refractivity contribution is 7.92. The lowest BCUT2D eigenvalue weighted by atomic mass is 10.1. The molecule has 0 unspecified atom stereocenters. The van der Waals surface area contributed by atoms with Gasteiger partial charge in [-0.15, -0.1) is 0 Å². The van der Waals surface area contributed by atoms with E-state index < -0.39 is 26.6 Å². The van der Waals surface area contributed by atoms with Gasteiger partial charge in [0.25, 0.3) is 5.69 Å². The number of benzene rings is 1. The normalized spacial score (nSPS) is 10.9. The van der Waals surface area contributed by atoms with Gasteiger partial charge in [0.05, 0.1) is 22.4 Å². The zero-order valence-electron chi connectivity index (χ0n) is 8.58. The third kappa shape index (κ3) is 3.41. The first-order valence-corrected chi connectivity index (χ1v) is 6.09. The minimum atomic E-state index is -3.71. The van der Waals surface area contributed by atoms with Gasteiger partial charge in [0.2, 0.25) is 10.0 Å². The SMILES string of the molecule is CS(=O)(=O)Nc1cc([N+](=O)[O-])ccc1C(=O)O. The molecule has 0 aromatic heterocycles. The molecule has 1 aromatic carbocycles. The van der Waals surface area contributed by atoms with Crippen LogP contribution in [-0.2, 0) is 10.0 Å². The van der Waals surface area contributed by atoms with Gasteiger partial charge >= 0.3 is 5.97 Å². The number of aromatic carboxylic acids is 1. The maximum Gasteiger partial charge on any atom is 0.337 e. The van der Waals surface area contributed by atoms with Gasteiger partial charge in [0, 0.05) is 12.1 Å². The highest BCUT2D eigenvalue weighted by Crippen LogP contribution is 2.23. The Morgan fingerprint density at radius 1 is 1.47 bits per heavy atom. The first-order valence-electron chi connectivity index (χ1n) is 4.20.